The van der Waals surface area contributed by atoms with Gasteiger partial charge in [-0.2, -0.15) is 0 Å². The van der Waals surface area contributed by atoms with E-state index in [0.717, 1.165) is 5.56 Å². The smallest absolute Gasteiger partial charge is 0.264 e. The largest absolute Gasteiger partial charge is 0.326 e. The molecule has 106 valence electrons. The molecule has 2 aromatic carbocycles. The molecule has 20 heavy (non-hydrogen) atoms. The van der Waals surface area contributed by atoms with Gasteiger partial charge in [-0.25, -0.2) is 8.42 Å². The van der Waals surface area contributed by atoms with Gasteiger partial charge < -0.3 is 5.73 Å². The molecule has 0 unspecified atom stereocenters. The van der Waals surface area contributed by atoms with Gasteiger partial charge in [-0.15, -0.1) is 0 Å². The third-order valence-electron chi connectivity index (χ3n) is 3.23. The minimum Gasteiger partial charge on any atom is -0.326 e. The number of hydrogen-bond donors (Lipinski definition) is 1. The minimum atomic E-state index is -3.56. The first-order valence-electron chi connectivity index (χ1n) is 6.30. The predicted molar refractivity (Wildman–Crippen MR) is 81.1 cm³/mol. The molecule has 2 aromatic rings. The standard InChI is InChI=1S/C15H18N2O2S/c1-12-10-13(11-16)8-9-15(12)20(18,19)17(2)14-6-4-3-5-7-14/h3-10H,11,16H2,1-2H3. The van der Waals surface area contributed by atoms with Crippen LogP contribution in [0.5, 0.6) is 0 Å². The van der Waals surface area contributed by atoms with Crippen LogP contribution in [0.4, 0.5) is 5.69 Å². The molecular weight excluding hydrogens is 272 g/mol. The van der Waals surface area contributed by atoms with Crippen molar-refractivity contribution in [2.45, 2.75) is 18.4 Å². The molecular formula is C15H18N2O2S. The second kappa shape index (κ2) is 5.64. The van der Waals surface area contributed by atoms with Gasteiger partial charge in [0.2, 0.25) is 0 Å². The second-order valence-electron chi connectivity index (χ2n) is 4.61. The molecule has 0 bridgehead atoms. The molecule has 0 saturated heterocycles. The molecule has 0 aliphatic rings. The molecule has 0 radical (unpaired) electrons. The predicted octanol–water partition coefficient (Wildman–Crippen LogP) is 2.28. The highest BCUT2D eigenvalue weighted by Gasteiger charge is 2.23. The Labute approximate surface area is 119 Å². The number of aryl methyl sites for hydroxylation is 1. The number of nitrogens with zero attached hydrogens (tertiary/aromatic N) is 1. The van der Waals surface area contributed by atoms with E-state index in [2.05, 4.69) is 0 Å². The van der Waals surface area contributed by atoms with Crippen LogP contribution in [0.25, 0.3) is 0 Å². The molecule has 0 aromatic heterocycles. The monoisotopic (exact) mass is 290 g/mol. The summed E-state index contributed by atoms with van der Waals surface area (Å²) in [5.74, 6) is 0. The van der Waals surface area contributed by atoms with Crippen LogP contribution in [0.1, 0.15) is 11.1 Å². The van der Waals surface area contributed by atoms with Gasteiger partial charge in [-0.3, -0.25) is 4.31 Å². The summed E-state index contributed by atoms with van der Waals surface area (Å²) >= 11 is 0. The van der Waals surface area contributed by atoms with Crippen LogP contribution in [0, 0.1) is 6.92 Å². The number of hydrogen-bond acceptors (Lipinski definition) is 3. The minimum absolute atomic E-state index is 0.307. The molecule has 2 N–H and O–H groups in total. The Morgan fingerprint density at radius 3 is 2.30 bits per heavy atom. The summed E-state index contributed by atoms with van der Waals surface area (Å²) in [5, 5.41) is 0. The van der Waals surface area contributed by atoms with Crippen molar-refractivity contribution in [2.24, 2.45) is 5.73 Å². The lowest BCUT2D eigenvalue weighted by atomic mass is 10.1. The first-order chi connectivity index (χ1) is 9.46. The normalized spacial score (nSPS) is 11.3. The van der Waals surface area contributed by atoms with Crippen LogP contribution >= 0.6 is 0 Å². The molecule has 2 rings (SSSR count). The molecule has 0 spiro atoms. The highest BCUT2D eigenvalue weighted by atomic mass is 32.2. The Bertz CT molecular complexity index is 697. The van der Waals surface area contributed by atoms with Gasteiger partial charge in [0, 0.05) is 13.6 Å². The fourth-order valence-corrected chi connectivity index (χ4v) is 3.45. The van der Waals surface area contributed by atoms with Gasteiger partial charge in [0.1, 0.15) is 0 Å². The van der Waals surface area contributed by atoms with Gasteiger partial charge in [0.15, 0.2) is 0 Å². The summed E-state index contributed by atoms with van der Waals surface area (Å²) in [6, 6.07) is 14.2. The van der Waals surface area contributed by atoms with Gasteiger partial charge in [-0.05, 0) is 36.2 Å². The molecule has 0 aliphatic carbocycles. The number of para-hydroxylation sites is 1. The summed E-state index contributed by atoms with van der Waals surface area (Å²) in [5.41, 5.74) is 7.83. The zero-order chi connectivity index (χ0) is 14.8. The van der Waals surface area contributed by atoms with Crippen molar-refractivity contribution in [3.63, 3.8) is 0 Å². The van der Waals surface area contributed by atoms with Gasteiger partial charge >= 0.3 is 0 Å². The number of nitrogens with two attached hydrogens (primary N) is 1. The summed E-state index contributed by atoms with van der Waals surface area (Å²) in [4.78, 5) is 0.307. The maximum atomic E-state index is 12.6. The van der Waals surface area contributed by atoms with Crippen molar-refractivity contribution in [2.75, 3.05) is 11.4 Å². The van der Waals surface area contributed by atoms with E-state index in [1.54, 1.807) is 38.2 Å². The summed E-state index contributed by atoms with van der Waals surface area (Å²) < 4.78 is 26.6. The van der Waals surface area contributed by atoms with Crippen molar-refractivity contribution in [1.29, 1.82) is 0 Å². The maximum absolute atomic E-state index is 12.6. The summed E-state index contributed by atoms with van der Waals surface area (Å²) in [7, 11) is -2.00. The van der Waals surface area contributed by atoms with Crippen molar-refractivity contribution in [3.8, 4) is 0 Å². The number of sulfonamides is 1. The second-order valence-corrected chi connectivity index (χ2v) is 6.55. The molecule has 0 amide bonds. The number of rotatable bonds is 4. The highest BCUT2D eigenvalue weighted by molar-refractivity contribution is 7.92. The van der Waals surface area contributed by atoms with E-state index in [1.807, 2.05) is 24.3 Å². The van der Waals surface area contributed by atoms with Crippen molar-refractivity contribution in [1.82, 2.24) is 0 Å². The van der Waals surface area contributed by atoms with Crippen LogP contribution in [-0.4, -0.2) is 15.5 Å². The third kappa shape index (κ3) is 2.69. The number of anilines is 1. The lowest BCUT2D eigenvalue weighted by Crippen LogP contribution is -2.27. The zero-order valence-electron chi connectivity index (χ0n) is 11.6. The lowest BCUT2D eigenvalue weighted by Gasteiger charge is -2.20. The van der Waals surface area contributed by atoms with E-state index >= 15 is 0 Å². The summed E-state index contributed by atoms with van der Waals surface area (Å²) in [6.07, 6.45) is 0. The molecule has 0 fully saturated rings. The topological polar surface area (TPSA) is 63.4 Å². The SMILES string of the molecule is Cc1cc(CN)ccc1S(=O)(=O)N(C)c1ccccc1. The average Bonchev–Trinajstić information content (AvgIpc) is 2.46. The lowest BCUT2D eigenvalue weighted by molar-refractivity contribution is 0.593. The number of benzene rings is 2. The Kier molecular flexibility index (Phi) is 4.11. The first kappa shape index (κ1) is 14.6. The van der Waals surface area contributed by atoms with Crippen LogP contribution < -0.4 is 10.0 Å². The zero-order valence-corrected chi connectivity index (χ0v) is 12.4. The molecule has 0 aliphatic heterocycles. The van der Waals surface area contributed by atoms with Crippen LogP contribution in [0.15, 0.2) is 53.4 Å². The Hall–Kier alpha value is -1.85. The first-order valence-corrected chi connectivity index (χ1v) is 7.74. The van der Waals surface area contributed by atoms with Gasteiger partial charge in [-0.1, -0.05) is 30.3 Å². The Morgan fingerprint density at radius 1 is 1.10 bits per heavy atom. The van der Waals surface area contributed by atoms with E-state index in [0.29, 0.717) is 22.7 Å². The van der Waals surface area contributed by atoms with Crippen LogP contribution in [0.3, 0.4) is 0 Å². The van der Waals surface area contributed by atoms with Crippen molar-refractivity contribution < 1.29 is 8.42 Å². The Morgan fingerprint density at radius 2 is 1.75 bits per heavy atom. The van der Waals surface area contributed by atoms with E-state index < -0.39 is 10.0 Å². The van der Waals surface area contributed by atoms with Crippen LogP contribution in [-0.2, 0) is 16.6 Å². The maximum Gasteiger partial charge on any atom is 0.264 e. The highest BCUT2D eigenvalue weighted by Crippen LogP contribution is 2.24. The molecule has 0 atom stereocenters. The molecule has 5 heteroatoms. The van der Waals surface area contributed by atoms with E-state index in [4.69, 9.17) is 5.73 Å². The van der Waals surface area contributed by atoms with Crippen molar-refractivity contribution >= 4 is 15.7 Å². The summed E-state index contributed by atoms with van der Waals surface area (Å²) in [6.45, 7) is 2.18. The quantitative estimate of drug-likeness (QED) is 0.939. The van der Waals surface area contributed by atoms with Gasteiger partial charge in [0.05, 0.1) is 10.6 Å². The van der Waals surface area contributed by atoms with Crippen LogP contribution in [0.2, 0.25) is 0 Å². The fraction of sp³-hybridized carbons (Fsp3) is 0.200. The van der Waals surface area contributed by atoms with E-state index in [9.17, 15) is 8.42 Å². The average molecular weight is 290 g/mol. The molecule has 4 nitrogen and oxygen atoms in total. The van der Waals surface area contributed by atoms with E-state index in [-0.39, 0.29) is 0 Å². The molecule has 0 heterocycles. The third-order valence-corrected chi connectivity index (χ3v) is 5.18. The van der Waals surface area contributed by atoms with Gasteiger partial charge in [0.25, 0.3) is 10.0 Å². The van der Waals surface area contributed by atoms with E-state index in [1.165, 1.54) is 4.31 Å². The molecule has 0 saturated carbocycles. The van der Waals surface area contributed by atoms with Crippen molar-refractivity contribution in [3.05, 3.63) is 59.7 Å². The fourth-order valence-electron chi connectivity index (χ4n) is 2.05. The Balaban J connectivity index is 2.45.